The molecule has 0 bridgehead atoms. The number of rotatable bonds is 5. The Bertz CT molecular complexity index is 1160. The molecule has 3 N–H and O–H groups in total. The molecule has 34 heavy (non-hydrogen) atoms. The van der Waals surface area contributed by atoms with Crippen molar-refractivity contribution in [3.8, 4) is 0 Å². The van der Waals surface area contributed by atoms with E-state index in [0.717, 1.165) is 24.3 Å². The lowest BCUT2D eigenvalue weighted by molar-refractivity contribution is -0.376. The van der Waals surface area contributed by atoms with Gasteiger partial charge < -0.3 is 15.5 Å². The normalized spacial score (nSPS) is 21.6. The fraction of sp³-hybridized carbons (Fsp3) is 0.350. The van der Waals surface area contributed by atoms with Crippen LogP contribution in [0.1, 0.15) is 24.0 Å². The van der Waals surface area contributed by atoms with Gasteiger partial charge in [-0.25, -0.2) is 17.6 Å². The number of hydrogen-bond acceptors (Lipinski definition) is 4. The molecule has 0 aromatic heterocycles. The van der Waals surface area contributed by atoms with Crippen LogP contribution in [0.3, 0.4) is 0 Å². The van der Waals surface area contributed by atoms with Crippen LogP contribution in [0.2, 0.25) is 0 Å². The van der Waals surface area contributed by atoms with Crippen LogP contribution in [0.5, 0.6) is 0 Å². The Morgan fingerprint density at radius 2 is 1.38 bits per heavy atom. The second-order valence-corrected chi connectivity index (χ2v) is 10.0. The van der Waals surface area contributed by atoms with E-state index in [-0.39, 0.29) is 23.3 Å². The summed E-state index contributed by atoms with van der Waals surface area (Å²) >= 11 is 0. The van der Waals surface area contributed by atoms with Crippen LogP contribution in [0.15, 0.2) is 53.4 Å². The van der Waals surface area contributed by atoms with Gasteiger partial charge in [-0.3, -0.25) is 0 Å². The number of alkyl halides is 6. The first-order valence-electron chi connectivity index (χ1n) is 9.42. The Balaban J connectivity index is 2.10. The molecule has 6 nitrogen and oxygen atoms in total. The van der Waals surface area contributed by atoms with Gasteiger partial charge in [0.05, 0.1) is 4.90 Å². The van der Waals surface area contributed by atoms with Gasteiger partial charge in [0.1, 0.15) is 10.6 Å². The molecule has 0 radical (unpaired) electrons. The molecule has 1 aliphatic rings. The summed E-state index contributed by atoms with van der Waals surface area (Å²) in [5, 5.41) is 20.5. The lowest BCUT2D eigenvalue weighted by Crippen LogP contribution is -2.57. The molecule has 0 spiro atoms. The predicted octanol–water partition coefficient (Wildman–Crippen LogP) is 4.24. The number of amides is 1. The van der Waals surface area contributed by atoms with Crippen molar-refractivity contribution >= 4 is 15.9 Å². The van der Waals surface area contributed by atoms with Crippen molar-refractivity contribution < 1.29 is 54.2 Å². The summed E-state index contributed by atoms with van der Waals surface area (Å²) in [4.78, 5) is 10.5. The Kier molecular flexibility index (Phi) is 6.15. The molecule has 0 aliphatic heterocycles. The molecule has 2 aromatic carbocycles. The largest absolute Gasteiger partial charge is 0.465 e. The van der Waals surface area contributed by atoms with E-state index in [2.05, 4.69) is 5.32 Å². The average Bonchev–Trinajstić information content (AvgIpc) is 2.68. The number of aliphatic hydroxyl groups is 1. The zero-order valence-corrected chi connectivity index (χ0v) is 17.6. The number of hydrogen-bond donors (Lipinski definition) is 3. The molecule has 14 heteroatoms. The third kappa shape index (κ3) is 3.98. The van der Waals surface area contributed by atoms with Gasteiger partial charge >= 0.3 is 18.4 Å². The summed E-state index contributed by atoms with van der Waals surface area (Å²) < 4.78 is 117. The molecule has 1 saturated carbocycles. The smallest absolute Gasteiger partial charge is 0.430 e. The number of nitrogens with one attached hydrogen (secondary N) is 1. The van der Waals surface area contributed by atoms with E-state index in [4.69, 9.17) is 5.11 Å². The second-order valence-electron chi connectivity index (χ2n) is 7.79. The van der Waals surface area contributed by atoms with Gasteiger partial charge in [0.15, 0.2) is 9.84 Å². The van der Waals surface area contributed by atoms with E-state index in [9.17, 15) is 49.1 Å². The quantitative estimate of drug-likeness (QED) is 0.409. The number of benzene rings is 2. The molecule has 0 atom stereocenters. The van der Waals surface area contributed by atoms with Gasteiger partial charge in [-0.05, 0) is 42.7 Å². The van der Waals surface area contributed by atoms with Gasteiger partial charge in [-0.15, -0.1) is 0 Å². The third-order valence-electron chi connectivity index (χ3n) is 5.77. The highest BCUT2D eigenvalue weighted by atomic mass is 32.2. The van der Waals surface area contributed by atoms with Crippen molar-refractivity contribution in [1.29, 1.82) is 0 Å². The predicted molar refractivity (Wildman–Crippen MR) is 102 cm³/mol. The maximum atomic E-state index is 13.4. The zero-order chi connectivity index (χ0) is 25.7. The standard InChI is InChI=1S/C20H16F7NO5S/c21-13-5-7-15(8-6-13)34(32,33)17(9-14(10-17)28-16(29)30)11-1-3-12(4-2-11)18(31,19(22,23)24)20(25,26)27/h1-8,14,28,31H,9-10H2,(H,29,30)/t14-,17+. The SMILES string of the molecule is O=C(O)N[C@H]1C[C@@](c2ccc(C(O)(C(F)(F)F)C(F)(F)F)cc2)(S(=O)(=O)c2ccc(F)cc2)C1. The summed E-state index contributed by atoms with van der Waals surface area (Å²) in [6.45, 7) is 0. The van der Waals surface area contributed by atoms with Crippen molar-refractivity contribution in [2.24, 2.45) is 0 Å². The zero-order valence-electron chi connectivity index (χ0n) is 16.8. The molecule has 0 unspecified atom stereocenters. The van der Waals surface area contributed by atoms with E-state index >= 15 is 0 Å². The summed E-state index contributed by atoms with van der Waals surface area (Å²) in [7, 11) is -4.41. The lowest BCUT2D eigenvalue weighted by atomic mass is 9.74. The van der Waals surface area contributed by atoms with Crippen molar-refractivity contribution in [2.75, 3.05) is 0 Å². The highest BCUT2D eigenvalue weighted by Crippen LogP contribution is 2.53. The summed E-state index contributed by atoms with van der Waals surface area (Å²) in [6, 6.07) is 4.73. The molecule has 0 saturated heterocycles. The molecule has 0 heterocycles. The minimum atomic E-state index is -6.13. The number of sulfone groups is 1. The minimum Gasteiger partial charge on any atom is -0.465 e. The van der Waals surface area contributed by atoms with Crippen molar-refractivity contribution in [1.82, 2.24) is 5.32 Å². The number of halogens is 7. The lowest BCUT2D eigenvalue weighted by Gasteiger charge is -2.47. The van der Waals surface area contributed by atoms with E-state index < -0.39 is 56.1 Å². The first-order chi connectivity index (χ1) is 15.5. The van der Waals surface area contributed by atoms with Crippen LogP contribution in [0.4, 0.5) is 35.5 Å². The van der Waals surface area contributed by atoms with E-state index in [1.165, 1.54) is 0 Å². The monoisotopic (exact) mass is 515 g/mol. The van der Waals surface area contributed by atoms with Crippen LogP contribution in [0, 0.1) is 5.82 Å². The van der Waals surface area contributed by atoms with Crippen molar-refractivity contribution in [3.63, 3.8) is 0 Å². The first-order valence-corrected chi connectivity index (χ1v) is 10.9. The highest BCUT2D eigenvalue weighted by Gasteiger charge is 2.71. The minimum absolute atomic E-state index is 0.226. The first kappa shape index (κ1) is 25.7. The fourth-order valence-corrected chi connectivity index (χ4v) is 6.20. The molecular formula is C20H16F7NO5S. The highest BCUT2D eigenvalue weighted by molar-refractivity contribution is 7.92. The Morgan fingerprint density at radius 3 is 1.79 bits per heavy atom. The van der Waals surface area contributed by atoms with Crippen molar-refractivity contribution in [2.45, 2.75) is 46.5 Å². The Morgan fingerprint density at radius 1 is 0.912 bits per heavy atom. The Hall–Kier alpha value is -2.87. The molecule has 1 amide bonds. The maximum absolute atomic E-state index is 13.4. The van der Waals surface area contributed by atoms with E-state index in [0.29, 0.717) is 24.3 Å². The van der Waals surface area contributed by atoms with Crippen LogP contribution < -0.4 is 5.32 Å². The van der Waals surface area contributed by atoms with E-state index in [1.54, 1.807) is 0 Å². The van der Waals surface area contributed by atoms with Gasteiger partial charge in [-0.1, -0.05) is 24.3 Å². The summed E-state index contributed by atoms with van der Waals surface area (Å²) in [5.41, 5.74) is -7.00. The van der Waals surface area contributed by atoms with Crippen LogP contribution in [-0.2, 0) is 20.2 Å². The van der Waals surface area contributed by atoms with Crippen LogP contribution in [-0.4, -0.2) is 43.1 Å². The second kappa shape index (κ2) is 8.12. The summed E-state index contributed by atoms with van der Waals surface area (Å²) in [6.07, 6.45) is -14.5. The van der Waals surface area contributed by atoms with Gasteiger partial charge in [0.25, 0.3) is 5.60 Å². The maximum Gasteiger partial charge on any atom is 0.430 e. The molecule has 3 rings (SSSR count). The molecule has 1 aliphatic carbocycles. The van der Waals surface area contributed by atoms with Crippen molar-refractivity contribution in [3.05, 3.63) is 65.5 Å². The molecular weight excluding hydrogens is 499 g/mol. The third-order valence-corrected chi connectivity index (χ3v) is 8.26. The molecule has 2 aromatic rings. The van der Waals surface area contributed by atoms with Gasteiger partial charge in [-0.2, -0.15) is 26.3 Å². The van der Waals surface area contributed by atoms with Gasteiger partial charge in [0, 0.05) is 11.6 Å². The summed E-state index contributed by atoms with van der Waals surface area (Å²) in [5.74, 6) is -0.755. The van der Waals surface area contributed by atoms with Crippen LogP contribution >= 0.6 is 0 Å². The number of carbonyl (C=O) groups is 1. The molecule has 1 fully saturated rings. The number of carboxylic acid groups (broad SMARTS) is 1. The topological polar surface area (TPSA) is 104 Å². The van der Waals surface area contributed by atoms with E-state index in [1.807, 2.05) is 0 Å². The van der Waals surface area contributed by atoms with Gasteiger partial charge in [0.2, 0.25) is 0 Å². The fourth-order valence-electron chi connectivity index (χ4n) is 3.97. The van der Waals surface area contributed by atoms with Crippen LogP contribution in [0.25, 0.3) is 0 Å². The molecule has 186 valence electrons. The average molecular weight is 515 g/mol. The Labute approximate surface area is 187 Å².